The Bertz CT molecular complexity index is 1400. The average molecular weight is 475 g/mol. The highest BCUT2D eigenvalue weighted by molar-refractivity contribution is 7.87. The Hall–Kier alpha value is -3.61. The van der Waals surface area contributed by atoms with E-state index in [1.165, 1.54) is 48.5 Å². The normalized spacial score (nSPS) is 15.5. The quantitative estimate of drug-likeness (QED) is 0.554. The number of nitrogens with two attached hydrogens (primary N) is 1. The van der Waals surface area contributed by atoms with E-state index in [2.05, 4.69) is 0 Å². The molecule has 0 aromatic heterocycles. The molecule has 0 aliphatic carbocycles. The molecule has 2 N–H and O–H groups in total. The van der Waals surface area contributed by atoms with Crippen LogP contribution in [0.3, 0.4) is 0 Å². The summed E-state index contributed by atoms with van der Waals surface area (Å²) in [6, 6.07) is 14.3. The molecular formula is C22H13ClF2N2O4S. The van der Waals surface area contributed by atoms with Crippen LogP contribution in [0.15, 0.2) is 77.0 Å². The Labute approximate surface area is 187 Å². The van der Waals surface area contributed by atoms with E-state index in [4.69, 9.17) is 26.3 Å². The number of hydrogen-bond donors (Lipinski definition) is 1. The van der Waals surface area contributed by atoms with Gasteiger partial charge in [-0.25, -0.2) is 8.78 Å². The third kappa shape index (κ3) is 3.86. The Kier molecular flexibility index (Phi) is 5.50. The summed E-state index contributed by atoms with van der Waals surface area (Å²) < 4.78 is 63.6. The van der Waals surface area contributed by atoms with Crippen molar-refractivity contribution in [1.29, 1.82) is 5.26 Å². The van der Waals surface area contributed by atoms with Crippen LogP contribution < -0.4 is 14.7 Å². The number of ether oxygens (including phenoxy) is 1. The minimum absolute atomic E-state index is 0.0271. The van der Waals surface area contributed by atoms with Gasteiger partial charge in [0, 0.05) is 22.2 Å². The molecule has 3 aromatic rings. The lowest BCUT2D eigenvalue weighted by molar-refractivity contribution is 0.390. The Morgan fingerprint density at radius 3 is 2.53 bits per heavy atom. The zero-order chi connectivity index (χ0) is 23.0. The van der Waals surface area contributed by atoms with Crippen LogP contribution in [0.5, 0.6) is 11.5 Å². The van der Waals surface area contributed by atoms with Gasteiger partial charge in [0.1, 0.15) is 39.7 Å². The topological polar surface area (TPSA) is 102 Å². The second-order valence-corrected chi connectivity index (χ2v) is 8.71. The largest absolute Gasteiger partial charge is 0.440 e. The Balaban J connectivity index is 1.78. The van der Waals surface area contributed by atoms with E-state index in [9.17, 15) is 22.5 Å². The first-order valence-electron chi connectivity index (χ1n) is 9.07. The van der Waals surface area contributed by atoms with Crippen molar-refractivity contribution in [2.75, 3.05) is 0 Å². The molecule has 4 rings (SSSR count). The SMILES string of the molecule is N#CC1=C(N)Oc2cc(OS(=O)(=O)c3cccc(F)c3)ccc2C1c1c(F)cccc1Cl. The van der Waals surface area contributed by atoms with Crippen molar-refractivity contribution < 1.29 is 26.1 Å². The maximum absolute atomic E-state index is 14.7. The van der Waals surface area contributed by atoms with Gasteiger partial charge in [-0.1, -0.05) is 29.8 Å². The summed E-state index contributed by atoms with van der Waals surface area (Å²) in [5, 5.41) is 9.67. The predicted molar refractivity (Wildman–Crippen MR) is 111 cm³/mol. The number of nitriles is 1. The second-order valence-electron chi connectivity index (χ2n) is 6.75. The van der Waals surface area contributed by atoms with E-state index in [1.54, 1.807) is 0 Å². The molecule has 1 aliphatic rings. The number of rotatable bonds is 4. The fraction of sp³-hybridized carbons (Fsp3) is 0.0455. The van der Waals surface area contributed by atoms with Gasteiger partial charge >= 0.3 is 10.1 Å². The summed E-state index contributed by atoms with van der Waals surface area (Å²) in [6.45, 7) is 0. The minimum atomic E-state index is -4.34. The number of halogens is 3. The van der Waals surface area contributed by atoms with Gasteiger partial charge in [0.05, 0.1) is 5.92 Å². The number of benzene rings is 3. The van der Waals surface area contributed by atoms with Gasteiger partial charge in [0.15, 0.2) is 0 Å². The molecule has 10 heteroatoms. The highest BCUT2D eigenvalue weighted by atomic mass is 35.5. The summed E-state index contributed by atoms with van der Waals surface area (Å²) in [6.07, 6.45) is 0. The lowest BCUT2D eigenvalue weighted by atomic mass is 9.83. The zero-order valence-corrected chi connectivity index (χ0v) is 17.6. The standard InChI is InChI=1S/C22H13ClF2N2O4S/c23-17-5-2-6-18(25)21(17)20-15-8-7-13(10-19(15)30-22(27)16(20)11-26)31-32(28,29)14-4-1-3-12(24)9-14/h1-10,20H,27H2. The van der Waals surface area contributed by atoms with Gasteiger partial charge in [-0.3, -0.25) is 0 Å². The average Bonchev–Trinajstić information content (AvgIpc) is 2.73. The second kappa shape index (κ2) is 8.15. The minimum Gasteiger partial charge on any atom is -0.440 e. The highest BCUT2D eigenvalue weighted by Crippen LogP contribution is 2.46. The van der Waals surface area contributed by atoms with Gasteiger partial charge in [-0.2, -0.15) is 13.7 Å². The number of allylic oxidation sites excluding steroid dienone is 1. The molecule has 0 amide bonds. The molecule has 0 bridgehead atoms. The number of hydrogen-bond acceptors (Lipinski definition) is 6. The highest BCUT2D eigenvalue weighted by Gasteiger charge is 2.34. The lowest BCUT2D eigenvalue weighted by Gasteiger charge is -2.27. The molecule has 1 atom stereocenters. The molecule has 0 fully saturated rings. The lowest BCUT2D eigenvalue weighted by Crippen LogP contribution is -2.22. The van der Waals surface area contributed by atoms with Crippen LogP contribution in [0.4, 0.5) is 8.78 Å². The predicted octanol–water partition coefficient (Wildman–Crippen LogP) is 4.60. The van der Waals surface area contributed by atoms with E-state index in [-0.39, 0.29) is 38.4 Å². The molecule has 6 nitrogen and oxygen atoms in total. The van der Waals surface area contributed by atoms with Crippen molar-refractivity contribution in [1.82, 2.24) is 0 Å². The summed E-state index contributed by atoms with van der Waals surface area (Å²) >= 11 is 6.21. The van der Waals surface area contributed by atoms with Crippen LogP contribution >= 0.6 is 11.6 Å². The first kappa shape index (κ1) is 21.6. The van der Waals surface area contributed by atoms with Crippen LogP contribution in [0.1, 0.15) is 17.0 Å². The number of nitrogens with zero attached hydrogens (tertiary/aromatic N) is 1. The summed E-state index contributed by atoms with van der Waals surface area (Å²) in [5.41, 5.74) is 6.19. The summed E-state index contributed by atoms with van der Waals surface area (Å²) in [7, 11) is -4.34. The molecule has 162 valence electrons. The van der Waals surface area contributed by atoms with Crippen LogP contribution in [-0.4, -0.2) is 8.42 Å². The number of fused-ring (bicyclic) bond motifs is 1. The van der Waals surface area contributed by atoms with E-state index >= 15 is 0 Å². The zero-order valence-electron chi connectivity index (χ0n) is 16.1. The van der Waals surface area contributed by atoms with Crippen LogP contribution in [0.25, 0.3) is 0 Å². The molecule has 1 aliphatic heterocycles. The summed E-state index contributed by atoms with van der Waals surface area (Å²) in [5.74, 6) is -2.75. The third-order valence-corrected chi connectivity index (χ3v) is 6.34. The fourth-order valence-electron chi connectivity index (χ4n) is 3.37. The summed E-state index contributed by atoms with van der Waals surface area (Å²) in [4.78, 5) is -0.377. The molecule has 1 unspecified atom stereocenters. The van der Waals surface area contributed by atoms with Crippen molar-refractivity contribution in [3.05, 3.63) is 99.9 Å². The third-order valence-electron chi connectivity index (χ3n) is 4.77. The Morgan fingerprint density at radius 2 is 1.84 bits per heavy atom. The van der Waals surface area contributed by atoms with Crippen LogP contribution in [0.2, 0.25) is 5.02 Å². The van der Waals surface area contributed by atoms with Gasteiger partial charge < -0.3 is 14.7 Å². The van der Waals surface area contributed by atoms with Crippen LogP contribution in [-0.2, 0) is 10.1 Å². The van der Waals surface area contributed by atoms with Gasteiger partial charge in [0.2, 0.25) is 5.88 Å². The van der Waals surface area contributed by atoms with Gasteiger partial charge in [-0.05, 0) is 36.4 Å². The monoisotopic (exact) mass is 474 g/mol. The molecule has 1 heterocycles. The van der Waals surface area contributed by atoms with Crippen molar-refractivity contribution in [3.63, 3.8) is 0 Å². The van der Waals surface area contributed by atoms with Crippen molar-refractivity contribution in [2.24, 2.45) is 5.73 Å². The first-order valence-corrected chi connectivity index (χ1v) is 10.9. The van der Waals surface area contributed by atoms with Crippen molar-refractivity contribution in [2.45, 2.75) is 10.8 Å². The van der Waals surface area contributed by atoms with Crippen molar-refractivity contribution in [3.8, 4) is 17.6 Å². The van der Waals surface area contributed by atoms with Crippen LogP contribution in [0, 0.1) is 23.0 Å². The van der Waals surface area contributed by atoms with Gasteiger partial charge in [0.25, 0.3) is 0 Å². The first-order chi connectivity index (χ1) is 15.2. The smallest absolute Gasteiger partial charge is 0.339 e. The van der Waals surface area contributed by atoms with E-state index in [1.807, 2.05) is 6.07 Å². The molecule has 32 heavy (non-hydrogen) atoms. The molecule has 3 aromatic carbocycles. The molecule has 0 spiro atoms. The maximum Gasteiger partial charge on any atom is 0.339 e. The van der Waals surface area contributed by atoms with E-state index in [0.717, 1.165) is 12.1 Å². The van der Waals surface area contributed by atoms with E-state index in [0.29, 0.717) is 5.56 Å². The molecule has 0 saturated carbocycles. The van der Waals surface area contributed by atoms with Crippen molar-refractivity contribution >= 4 is 21.7 Å². The fourth-order valence-corrected chi connectivity index (χ4v) is 4.60. The molecular weight excluding hydrogens is 462 g/mol. The molecule has 0 radical (unpaired) electrons. The van der Waals surface area contributed by atoms with Gasteiger partial charge in [-0.15, -0.1) is 0 Å². The van der Waals surface area contributed by atoms with E-state index < -0.39 is 27.7 Å². The maximum atomic E-state index is 14.7. The molecule has 0 saturated heterocycles. The Morgan fingerprint density at radius 1 is 1.09 bits per heavy atom.